The second-order valence-electron chi connectivity index (χ2n) is 4.20. The van der Waals surface area contributed by atoms with Gasteiger partial charge in [0.2, 0.25) is 0 Å². The van der Waals surface area contributed by atoms with Crippen LogP contribution in [0.1, 0.15) is 22.2 Å². The molecule has 0 saturated heterocycles. The number of pyridine rings is 1. The van der Waals surface area contributed by atoms with Gasteiger partial charge in [-0.25, -0.2) is 9.37 Å². The van der Waals surface area contributed by atoms with Crippen LogP contribution in [0.4, 0.5) is 17.6 Å². The number of rotatable bonds is 3. The average molecular weight is 301 g/mol. The van der Waals surface area contributed by atoms with Gasteiger partial charge in [-0.05, 0) is 24.6 Å². The minimum absolute atomic E-state index is 0.319. The Morgan fingerprint density at radius 3 is 2.35 bits per heavy atom. The van der Waals surface area contributed by atoms with Gasteiger partial charge >= 0.3 is 6.18 Å². The highest BCUT2D eigenvalue weighted by atomic mass is 32.2. The molecule has 1 nitrogen and oxygen atoms in total. The van der Waals surface area contributed by atoms with Crippen molar-refractivity contribution in [2.45, 2.75) is 23.6 Å². The summed E-state index contributed by atoms with van der Waals surface area (Å²) >= 11 is 0.458. The summed E-state index contributed by atoms with van der Waals surface area (Å²) in [7, 11) is 0. The summed E-state index contributed by atoms with van der Waals surface area (Å²) in [5, 5.41) is -0.354. The Morgan fingerprint density at radius 2 is 1.75 bits per heavy atom. The van der Waals surface area contributed by atoms with Crippen LogP contribution in [0, 0.1) is 6.92 Å². The summed E-state index contributed by atoms with van der Waals surface area (Å²) in [5.74, 6) is 0. The third kappa shape index (κ3) is 3.50. The first-order chi connectivity index (χ1) is 9.38. The summed E-state index contributed by atoms with van der Waals surface area (Å²) in [6.07, 6.45) is -3.32. The van der Waals surface area contributed by atoms with Crippen molar-refractivity contribution in [3.8, 4) is 0 Å². The van der Waals surface area contributed by atoms with E-state index in [0.29, 0.717) is 17.3 Å². The molecule has 2 aromatic rings. The van der Waals surface area contributed by atoms with E-state index in [1.807, 2.05) is 6.92 Å². The normalized spacial score (nSPS) is 13.2. The zero-order valence-electron chi connectivity index (χ0n) is 10.5. The highest BCUT2D eigenvalue weighted by molar-refractivity contribution is 7.99. The summed E-state index contributed by atoms with van der Waals surface area (Å²) in [4.78, 5) is 3.63. The van der Waals surface area contributed by atoms with E-state index in [2.05, 4.69) is 4.98 Å². The maximum absolute atomic E-state index is 14.1. The molecular formula is C14H11F4NS. The lowest BCUT2D eigenvalue weighted by atomic mass is 10.2. The SMILES string of the molecule is Cc1ccc(C(F)Sc2ncccc2C(F)(F)F)cc1. The third-order valence-electron chi connectivity index (χ3n) is 2.63. The topological polar surface area (TPSA) is 12.9 Å². The van der Waals surface area contributed by atoms with E-state index < -0.39 is 17.2 Å². The first kappa shape index (κ1) is 14.8. The maximum atomic E-state index is 14.1. The van der Waals surface area contributed by atoms with Crippen molar-refractivity contribution in [3.05, 3.63) is 59.3 Å². The molecule has 1 aromatic carbocycles. The fourth-order valence-corrected chi connectivity index (χ4v) is 2.51. The molecule has 0 bridgehead atoms. The molecule has 6 heteroatoms. The Labute approximate surface area is 118 Å². The Morgan fingerprint density at radius 1 is 1.10 bits per heavy atom. The van der Waals surface area contributed by atoms with Crippen LogP contribution in [-0.2, 0) is 6.18 Å². The molecule has 1 aromatic heterocycles. The molecule has 0 spiro atoms. The highest BCUT2D eigenvalue weighted by Gasteiger charge is 2.34. The van der Waals surface area contributed by atoms with Crippen LogP contribution in [0.15, 0.2) is 47.6 Å². The maximum Gasteiger partial charge on any atom is 0.419 e. The number of aromatic nitrogens is 1. The minimum atomic E-state index is -4.54. The zero-order chi connectivity index (χ0) is 14.8. The third-order valence-corrected chi connectivity index (χ3v) is 3.66. The molecule has 0 saturated carbocycles. The molecule has 1 atom stereocenters. The predicted molar refractivity (Wildman–Crippen MR) is 70.1 cm³/mol. The van der Waals surface area contributed by atoms with E-state index in [4.69, 9.17) is 0 Å². The van der Waals surface area contributed by atoms with Gasteiger partial charge in [-0.3, -0.25) is 0 Å². The van der Waals surface area contributed by atoms with E-state index in [0.717, 1.165) is 11.6 Å². The van der Waals surface area contributed by atoms with Crippen LogP contribution in [0.25, 0.3) is 0 Å². The number of thioether (sulfide) groups is 1. The second-order valence-corrected chi connectivity index (χ2v) is 5.23. The molecular weight excluding hydrogens is 290 g/mol. The van der Waals surface area contributed by atoms with Gasteiger partial charge in [-0.2, -0.15) is 13.2 Å². The standard InChI is InChI=1S/C14H11F4NS/c1-9-4-6-10(7-5-9)12(15)20-13-11(14(16,17)18)3-2-8-19-13/h2-8,12H,1H3. The van der Waals surface area contributed by atoms with Crippen LogP contribution >= 0.6 is 11.8 Å². The molecule has 106 valence electrons. The van der Waals surface area contributed by atoms with E-state index in [1.54, 1.807) is 24.3 Å². The molecule has 2 rings (SSSR count). The molecule has 1 heterocycles. The summed E-state index contributed by atoms with van der Waals surface area (Å²) in [5.41, 5.74) is -1.23. The van der Waals surface area contributed by atoms with E-state index in [9.17, 15) is 17.6 Å². The number of nitrogens with zero attached hydrogens (tertiary/aromatic N) is 1. The van der Waals surface area contributed by atoms with Gasteiger partial charge in [0.15, 0.2) is 5.50 Å². The van der Waals surface area contributed by atoms with Gasteiger partial charge in [0.25, 0.3) is 0 Å². The predicted octanol–water partition coefficient (Wildman–Crippen LogP) is 5.17. The van der Waals surface area contributed by atoms with Crippen molar-refractivity contribution in [1.82, 2.24) is 4.98 Å². The van der Waals surface area contributed by atoms with Gasteiger partial charge in [-0.1, -0.05) is 41.6 Å². The largest absolute Gasteiger partial charge is 0.419 e. The molecule has 0 aliphatic carbocycles. The number of alkyl halides is 4. The second kappa shape index (κ2) is 5.83. The van der Waals surface area contributed by atoms with E-state index >= 15 is 0 Å². The van der Waals surface area contributed by atoms with Gasteiger partial charge in [0.1, 0.15) is 5.03 Å². The Hall–Kier alpha value is -1.56. The van der Waals surface area contributed by atoms with Crippen LogP contribution in [0.2, 0.25) is 0 Å². The van der Waals surface area contributed by atoms with Crippen LogP contribution in [0.3, 0.4) is 0 Å². The number of aryl methyl sites for hydroxylation is 1. The first-order valence-corrected chi connectivity index (χ1v) is 6.65. The van der Waals surface area contributed by atoms with Crippen molar-refractivity contribution >= 4 is 11.8 Å². The Balaban J connectivity index is 2.24. The molecule has 0 N–H and O–H groups in total. The molecule has 0 aliphatic rings. The fraction of sp³-hybridized carbons (Fsp3) is 0.214. The van der Waals surface area contributed by atoms with Gasteiger partial charge < -0.3 is 0 Å². The number of benzene rings is 1. The average Bonchev–Trinajstić information content (AvgIpc) is 2.38. The summed E-state index contributed by atoms with van der Waals surface area (Å²) in [6.45, 7) is 1.85. The van der Waals surface area contributed by atoms with Gasteiger partial charge in [-0.15, -0.1) is 0 Å². The van der Waals surface area contributed by atoms with Crippen LogP contribution < -0.4 is 0 Å². The lowest BCUT2D eigenvalue weighted by Gasteiger charge is -2.13. The first-order valence-electron chi connectivity index (χ1n) is 5.77. The minimum Gasteiger partial charge on any atom is -0.249 e. The van der Waals surface area contributed by atoms with Crippen molar-refractivity contribution in [2.24, 2.45) is 0 Å². The lowest BCUT2D eigenvalue weighted by molar-refractivity contribution is -0.140. The summed E-state index contributed by atoms with van der Waals surface area (Å²) in [6, 6.07) is 8.63. The molecule has 20 heavy (non-hydrogen) atoms. The van der Waals surface area contributed by atoms with Crippen LogP contribution in [-0.4, -0.2) is 4.98 Å². The van der Waals surface area contributed by atoms with Crippen LogP contribution in [0.5, 0.6) is 0 Å². The smallest absolute Gasteiger partial charge is 0.249 e. The molecule has 0 fully saturated rings. The number of hydrogen-bond donors (Lipinski definition) is 0. The van der Waals surface area contributed by atoms with Crippen molar-refractivity contribution in [3.63, 3.8) is 0 Å². The quantitative estimate of drug-likeness (QED) is 0.573. The molecule has 1 unspecified atom stereocenters. The molecule has 0 amide bonds. The lowest BCUT2D eigenvalue weighted by Crippen LogP contribution is -2.08. The van der Waals surface area contributed by atoms with Crippen molar-refractivity contribution in [1.29, 1.82) is 0 Å². The highest BCUT2D eigenvalue weighted by Crippen LogP contribution is 2.41. The van der Waals surface area contributed by atoms with E-state index in [1.165, 1.54) is 12.3 Å². The van der Waals surface area contributed by atoms with Gasteiger partial charge in [0.05, 0.1) is 5.56 Å². The van der Waals surface area contributed by atoms with Gasteiger partial charge in [0, 0.05) is 6.20 Å². The van der Waals surface area contributed by atoms with Crippen molar-refractivity contribution in [2.75, 3.05) is 0 Å². The summed E-state index contributed by atoms with van der Waals surface area (Å²) < 4.78 is 52.4. The Bertz CT molecular complexity index is 580. The van der Waals surface area contributed by atoms with Crippen molar-refractivity contribution < 1.29 is 17.6 Å². The Kier molecular flexibility index (Phi) is 4.32. The van der Waals surface area contributed by atoms with E-state index in [-0.39, 0.29) is 5.03 Å². The monoisotopic (exact) mass is 301 g/mol. The zero-order valence-corrected chi connectivity index (χ0v) is 11.3. The fourth-order valence-electron chi connectivity index (χ4n) is 1.58. The molecule has 0 radical (unpaired) electrons. The number of hydrogen-bond acceptors (Lipinski definition) is 2. The molecule has 0 aliphatic heterocycles. The number of halogens is 4.